The van der Waals surface area contributed by atoms with Gasteiger partial charge in [-0.05, 0) is 26.2 Å². The van der Waals surface area contributed by atoms with Crippen molar-refractivity contribution in [2.75, 3.05) is 6.61 Å². The third kappa shape index (κ3) is 4.29. The van der Waals surface area contributed by atoms with Crippen LogP contribution in [-0.2, 0) is 16.6 Å². The molecule has 0 aliphatic carbocycles. The van der Waals surface area contributed by atoms with Crippen LogP contribution in [0.25, 0.3) is 0 Å². The third-order valence-corrected chi connectivity index (χ3v) is 5.00. The number of aliphatic hydroxyl groups excluding tert-OH is 1. The fraction of sp³-hybridized carbons (Fsp3) is 0.750. The molecule has 0 radical (unpaired) electrons. The van der Waals surface area contributed by atoms with E-state index in [0.717, 1.165) is 12.8 Å². The highest BCUT2D eigenvalue weighted by atomic mass is 32.2. The molecule has 1 aromatic rings. The van der Waals surface area contributed by atoms with Gasteiger partial charge in [0.05, 0.1) is 6.20 Å². The van der Waals surface area contributed by atoms with Gasteiger partial charge < -0.3 is 5.11 Å². The molecule has 0 bridgehead atoms. The molecule has 0 saturated heterocycles. The fourth-order valence-electron chi connectivity index (χ4n) is 1.62. The quantitative estimate of drug-likeness (QED) is 0.751. The van der Waals surface area contributed by atoms with E-state index in [1.165, 1.54) is 17.1 Å². The van der Waals surface area contributed by atoms with Crippen molar-refractivity contribution in [3.05, 3.63) is 12.4 Å². The Labute approximate surface area is 114 Å². The van der Waals surface area contributed by atoms with Crippen molar-refractivity contribution in [3.63, 3.8) is 0 Å². The Bertz CT molecular complexity index is 492. The topological polar surface area (TPSA) is 84.2 Å². The minimum absolute atomic E-state index is 0.0595. The van der Waals surface area contributed by atoms with Crippen LogP contribution in [0.5, 0.6) is 0 Å². The van der Waals surface area contributed by atoms with Gasteiger partial charge in [0.2, 0.25) is 10.0 Å². The van der Waals surface area contributed by atoms with Crippen molar-refractivity contribution >= 4 is 10.0 Å². The van der Waals surface area contributed by atoms with Gasteiger partial charge in [-0.3, -0.25) is 4.68 Å². The molecule has 7 heteroatoms. The fourth-order valence-corrected chi connectivity index (χ4v) is 3.12. The van der Waals surface area contributed by atoms with E-state index in [1.807, 2.05) is 20.8 Å². The predicted octanol–water partition coefficient (Wildman–Crippen LogP) is 1.12. The van der Waals surface area contributed by atoms with Gasteiger partial charge in [-0.25, -0.2) is 13.1 Å². The van der Waals surface area contributed by atoms with Gasteiger partial charge in [0.15, 0.2) is 0 Å². The molecular formula is C12H23N3O3S. The SMILES string of the molecule is CCC(C)(CC)NS(=O)(=O)c1cnn(CCCO)c1. The Morgan fingerprint density at radius 2 is 2.05 bits per heavy atom. The van der Waals surface area contributed by atoms with Gasteiger partial charge in [0.25, 0.3) is 0 Å². The molecule has 0 saturated carbocycles. The molecule has 1 rings (SSSR count). The Balaban J connectivity index is 2.85. The number of rotatable bonds is 8. The van der Waals surface area contributed by atoms with Gasteiger partial charge in [-0.2, -0.15) is 5.10 Å². The number of nitrogens with one attached hydrogen (secondary N) is 1. The third-order valence-electron chi connectivity index (χ3n) is 3.41. The molecule has 0 amide bonds. The number of nitrogens with zero attached hydrogens (tertiary/aromatic N) is 2. The van der Waals surface area contributed by atoms with Crippen LogP contribution in [0.2, 0.25) is 0 Å². The maximum atomic E-state index is 12.2. The zero-order valence-corrected chi connectivity index (χ0v) is 12.6. The first-order valence-electron chi connectivity index (χ1n) is 6.54. The molecular weight excluding hydrogens is 266 g/mol. The van der Waals surface area contributed by atoms with E-state index in [-0.39, 0.29) is 11.5 Å². The van der Waals surface area contributed by atoms with Crippen LogP contribution in [0.4, 0.5) is 0 Å². The second kappa shape index (κ2) is 6.49. The first-order chi connectivity index (χ1) is 8.87. The predicted molar refractivity (Wildman–Crippen MR) is 73.2 cm³/mol. The zero-order valence-electron chi connectivity index (χ0n) is 11.8. The van der Waals surface area contributed by atoms with Crippen LogP contribution in [0.15, 0.2) is 17.3 Å². The van der Waals surface area contributed by atoms with E-state index in [1.54, 1.807) is 0 Å². The number of aliphatic hydroxyl groups is 1. The Kier molecular flexibility index (Phi) is 5.51. The van der Waals surface area contributed by atoms with Gasteiger partial charge in [-0.15, -0.1) is 0 Å². The Morgan fingerprint density at radius 3 is 2.58 bits per heavy atom. The Hall–Kier alpha value is -0.920. The summed E-state index contributed by atoms with van der Waals surface area (Å²) in [6.07, 6.45) is 4.83. The average molecular weight is 289 g/mol. The lowest BCUT2D eigenvalue weighted by molar-refractivity contribution is 0.277. The van der Waals surface area contributed by atoms with Crippen LogP contribution in [-0.4, -0.2) is 35.5 Å². The second-order valence-electron chi connectivity index (χ2n) is 4.89. The highest BCUT2D eigenvalue weighted by Gasteiger charge is 2.28. The van der Waals surface area contributed by atoms with Crippen molar-refractivity contribution in [3.8, 4) is 0 Å². The summed E-state index contributed by atoms with van der Waals surface area (Å²) in [5, 5.41) is 12.7. The standard InChI is InChI=1S/C12H23N3O3S/c1-4-12(3,5-2)14-19(17,18)11-9-13-15(10-11)7-6-8-16/h9-10,14,16H,4-8H2,1-3H3. The van der Waals surface area contributed by atoms with Crippen LogP contribution < -0.4 is 4.72 Å². The summed E-state index contributed by atoms with van der Waals surface area (Å²) in [5.74, 6) is 0. The van der Waals surface area contributed by atoms with E-state index >= 15 is 0 Å². The van der Waals surface area contributed by atoms with E-state index in [9.17, 15) is 8.42 Å². The minimum Gasteiger partial charge on any atom is -0.396 e. The van der Waals surface area contributed by atoms with E-state index in [2.05, 4.69) is 9.82 Å². The zero-order chi connectivity index (χ0) is 14.5. The molecule has 0 fully saturated rings. The molecule has 2 N–H and O–H groups in total. The highest BCUT2D eigenvalue weighted by molar-refractivity contribution is 7.89. The minimum atomic E-state index is -3.54. The lowest BCUT2D eigenvalue weighted by Crippen LogP contribution is -2.44. The van der Waals surface area contributed by atoms with Crippen molar-refractivity contribution in [2.24, 2.45) is 0 Å². The molecule has 1 aromatic heterocycles. The summed E-state index contributed by atoms with van der Waals surface area (Å²) in [5.41, 5.74) is -0.438. The summed E-state index contributed by atoms with van der Waals surface area (Å²) in [6, 6.07) is 0. The lowest BCUT2D eigenvalue weighted by atomic mass is 9.98. The number of sulfonamides is 1. The normalized spacial score (nSPS) is 12.8. The molecule has 19 heavy (non-hydrogen) atoms. The monoisotopic (exact) mass is 289 g/mol. The molecule has 0 aliphatic heterocycles. The first kappa shape index (κ1) is 16.1. The molecule has 0 aliphatic rings. The van der Waals surface area contributed by atoms with E-state index < -0.39 is 15.6 Å². The number of aromatic nitrogens is 2. The first-order valence-corrected chi connectivity index (χ1v) is 8.02. The van der Waals surface area contributed by atoms with Gasteiger partial charge in [-0.1, -0.05) is 13.8 Å². The van der Waals surface area contributed by atoms with Crippen molar-refractivity contribution in [1.29, 1.82) is 0 Å². The van der Waals surface area contributed by atoms with Gasteiger partial charge in [0, 0.05) is 24.9 Å². The summed E-state index contributed by atoms with van der Waals surface area (Å²) < 4.78 is 28.7. The van der Waals surface area contributed by atoms with E-state index in [4.69, 9.17) is 5.11 Å². The molecule has 6 nitrogen and oxygen atoms in total. The summed E-state index contributed by atoms with van der Waals surface area (Å²) in [7, 11) is -3.54. The second-order valence-corrected chi connectivity index (χ2v) is 6.57. The Morgan fingerprint density at radius 1 is 1.42 bits per heavy atom. The number of hydrogen-bond donors (Lipinski definition) is 2. The molecule has 1 heterocycles. The summed E-state index contributed by atoms with van der Waals surface area (Å²) >= 11 is 0. The van der Waals surface area contributed by atoms with Gasteiger partial charge >= 0.3 is 0 Å². The van der Waals surface area contributed by atoms with Crippen molar-refractivity contribution < 1.29 is 13.5 Å². The van der Waals surface area contributed by atoms with Crippen LogP contribution in [0.3, 0.4) is 0 Å². The largest absolute Gasteiger partial charge is 0.396 e. The summed E-state index contributed by atoms with van der Waals surface area (Å²) in [4.78, 5) is 0.165. The van der Waals surface area contributed by atoms with E-state index in [0.29, 0.717) is 13.0 Å². The smallest absolute Gasteiger partial charge is 0.244 e. The lowest BCUT2D eigenvalue weighted by Gasteiger charge is -2.27. The van der Waals surface area contributed by atoms with Crippen LogP contribution in [0, 0.1) is 0 Å². The average Bonchev–Trinajstić information content (AvgIpc) is 2.85. The maximum absolute atomic E-state index is 12.2. The number of aryl methyl sites for hydroxylation is 1. The maximum Gasteiger partial charge on any atom is 0.244 e. The molecule has 0 spiro atoms. The molecule has 0 aromatic carbocycles. The molecule has 0 atom stereocenters. The van der Waals surface area contributed by atoms with Crippen molar-refractivity contribution in [2.45, 2.75) is 57.0 Å². The number of hydrogen-bond acceptors (Lipinski definition) is 4. The summed E-state index contributed by atoms with van der Waals surface area (Å²) in [6.45, 7) is 6.36. The van der Waals surface area contributed by atoms with Crippen LogP contribution in [0.1, 0.15) is 40.0 Å². The molecule has 110 valence electrons. The van der Waals surface area contributed by atoms with Crippen LogP contribution >= 0.6 is 0 Å². The van der Waals surface area contributed by atoms with Crippen molar-refractivity contribution in [1.82, 2.24) is 14.5 Å². The highest BCUT2D eigenvalue weighted by Crippen LogP contribution is 2.18. The molecule has 0 unspecified atom stereocenters. The van der Waals surface area contributed by atoms with Gasteiger partial charge in [0.1, 0.15) is 4.90 Å².